The summed E-state index contributed by atoms with van der Waals surface area (Å²) in [6.45, 7) is 6.47. The number of hydrogen-bond acceptors (Lipinski definition) is 7. The Kier molecular flexibility index (Phi) is 5.56. The summed E-state index contributed by atoms with van der Waals surface area (Å²) in [6, 6.07) is 5.14. The Hall–Kier alpha value is -2.43. The zero-order valence-electron chi connectivity index (χ0n) is 16.5. The van der Waals surface area contributed by atoms with Gasteiger partial charge in [-0.2, -0.15) is 0 Å². The van der Waals surface area contributed by atoms with E-state index < -0.39 is 15.9 Å². The van der Waals surface area contributed by atoms with Crippen molar-refractivity contribution in [1.82, 2.24) is 16.0 Å². The molecule has 1 saturated heterocycles. The molecule has 160 valence electrons. The molecule has 2 aromatic rings. The lowest BCUT2D eigenvalue weighted by Gasteiger charge is -2.20. The summed E-state index contributed by atoms with van der Waals surface area (Å²) in [7, 11) is -3.22. The highest BCUT2D eigenvalue weighted by molar-refractivity contribution is 7.91. The molecule has 1 aromatic carbocycles. The second kappa shape index (κ2) is 8.01. The van der Waals surface area contributed by atoms with Crippen LogP contribution in [0.5, 0.6) is 0 Å². The summed E-state index contributed by atoms with van der Waals surface area (Å²) in [5, 5.41) is 13.3. The van der Waals surface area contributed by atoms with Crippen molar-refractivity contribution >= 4 is 48.8 Å². The molecule has 3 atom stereocenters. The molecule has 3 heterocycles. The van der Waals surface area contributed by atoms with E-state index in [0.717, 1.165) is 27.4 Å². The minimum Gasteiger partial charge on any atom is -0.381 e. The maximum absolute atomic E-state index is 12.4. The van der Waals surface area contributed by atoms with Crippen LogP contribution in [-0.4, -0.2) is 56.4 Å². The van der Waals surface area contributed by atoms with Crippen LogP contribution in [0.1, 0.15) is 22.2 Å². The van der Waals surface area contributed by atoms with E-state index in [9.17, 15) is 18.0 Å². The second-order valence-electron chi connectivity index (χ2n) is 7.78. The Bertz CT molecular complexity index is 1130. The first-order chi connectivity index (χ1) is 14.3. The number of benzene rings is 1. The third-order valence-electron chi connectivity index (χ3n) is 5.36. The van der Waals surface area contributed by atoms with Gasteiger partial charge in [0.15, 0.2) is 9.84 Å². The minimum atomic E-state index is -3.22. The summed E-state index contributed by atoms with van der Waals surface area (Å²) in [4.78, 5) is 24.7. The lowest BCUT2D eigenvalue weighted by Crippen LogP contribution is -2.48. The number of rotatable bonds is 5. The number of carbonyl (C=O) groups excluding carboxylic acids is 2. The molecule has 2 aliphatic heterocycles. The molecule has 30 heavy (non-hydrogen) atoms. The smallest absolute Gasteiger partial charge is 0.263 e. The van der Waals surface area contributed by atoms with E-state index in [1.165, 1.54) is 11.3 Å². The van der Waals surface area contributed by atoms with Crippen LogP contribution in [0, 0.1) is 0 Å². The molecular weight excluding hydrogens is 424 g/mol. The van der Waals surface area contributed by atoms with E-state index in [2.05, 4.69) is 27.8 Å². The number of nitrogens with one attached hydrogen (secondary N) is 4. The zero-order valence-corrected chi connectivity index (χ0v) is 18.2. The maximum atomic E-state index is 12.4. The SMILES string of the molecule is C=CC(=O)NC1CS(=O)(=O)CC1NCc1ccc2sc3c(c2c1)NCC(C)NC3=O. The average molecular weight is 449 g/mol. The Balaban J connectivity index is 1.53. The fourth-order valence-electron chi connectivity index (χ4n) is 3.87. The van der Waals surface area contributed by atoms with Gasteiger partial charge in [0.1, 0.15) is 4.88 Å². The van der Waals surface area contributed by atoms with E-state index in [1.807, 2.05) is 25.1 Å². The van der Waals surface area contributed by atoms with Crippen LogP contribution in [0.15, 0.2) is 30.9 Å². The molecule has 0 saturated carbocycles. The van der Waals surface area contributed by atoms with Crippen molar-refractivity contribution in [3.8, 4) is 0 Å². The zero-order chi connectivity index (χ0) is 21.5. The van der Waals surface area contributed by atoms with Gasteiger partial charge in [-0.3, -0.25) is 9.59 Å². The Morgan fingerprint density at radius 1 is 1.33 bits per heavy atom. The predicted molar refractivity (Wildman–Crippen MR) is 119 cm³/mol. The maximum Gasteiger partial charge on any atom is 0.263 e. The van der Waals surface area contributed by atoms with Gasteiger partial charge >= 0.3 is 0 Å². The van der Waals surface area contributed by atoms with Crippen molar-refractivity contribution < 1.29 is 18.0 Å². The number of thiophene rings is 1. The van der Waals surface area contributed by atoms with E-state index in [4.69, 9.17) is 0 Å². The van der Waals surface area contributed by atoms with Crippen LogP contribution in [0.3, 0.4) is 0 Å². The van der Waals surface area contributed by atoms with Crippen molar-refractivity contribution in [2.75, 3.05) is 23.4 Å². The Labute approximate surface area is 179 Å². The van der Waals surface area contributed by atoms with Crippen LogP contribution < -0.4 is 21.3 Å². The van der Waals surface area contributed by atoms with Crippen LogP contribution >= 0.6 is 11.3 Å². The van der Waals surface area contributed by atoms with Crippen LogP contribution in [-0.2, 0) is 21.2 Å². The lowest BCUT2D eigenvalue weighted by molar-refractivity contribution is -0.117. The highest BCUT2D eigenvalue weighted by atomic mass is 32.2. The molecule has 4 rings (SSSR count). The lowest BCUT2D eigenvalue weighted by atomic mass is 10.1. The molecule has 2 aliphatic rings. The molecular formula is C20H24N4O4S2. The number of fused-ring (bicyclic) bond motifs is 3. The molecule has 0 radical (unpaired) electrons. The normalized spacial score (nSPS) is 25.1. The monoisotopic (exact) mass is 448 g/mol. The van der Waals surface area contributed by atoms with Gasteiger partial charge in [0.05, 0.1) is 23.2 Å². The fourth-order valence-corrected chi connectivity index (χ4v) is 6.83. The first-order valence-electron chi connectivity index (χ1n) is 9.72. The molecule has 8 nitrogen and oxygen atoms in total. The van der Waals surface area contributed by atoms with Crippen molar-refractivity contribution in [2.45, 2.75) is 31.6 Å². The van der Waals surface area contributed by atoms with E-state index in [1.54, 1.807) is 0 Å². The minimum absolute atomic E-state index is 0.0230. The molecule has 0 aliphatic carbocycles. The molecule has 0 bridgehead atoms. The first-order valence-corrected chi connectivity index (χ1v) is 12.4. The molecule has 3 unspecified atom stereocenters. The van der Waals surface area contributed by atoms with E-state index in [-0.39, 0.29) is 35.4 Å². The van der Waals surface area contributed by atoms with Gasteiger partial charge in [0.2, 0.25) is 5.91 Å². The summed E-state index contributed by atoms with van der Waals surface area (Å²) >= 11 is 1.45. The van der Waals surface area contributed by atoms with Gasteiger partial charge in [0.25, 0.3) is 5.91 Å². The van der Waals surface area contributed by atoms with Crippen molar-refractivity contribution in [3.05, 3.63) is 41.3 Å². The van der Waals surface area contributed by atoms with Crippen molar-refractivity contribution in [1.29, 1.82) is 0 Å². The summed E-state index contributed by atoms with van der Waals surface area (Å²) in [5.74, 6) is -0.561. The third-order valence-corrected chi connectivity index (χ3v) is 8.26. The highest BCUT2D eigenvalue weighted by Crippen LogP contribution is 2.37. The molecule has 0 spiro atoms. The number of amides is 2. The van der Waals surface area contributed by atoms with Gasteiger partial charge in [-0.1, -0.05) is 12.6 Å². The molecule has 4 N–H and O–H groups in total. The standard InChI is InChI=1S/C20H24N4O4S2/c1-3-17(25)24-15-10-30(27,28)9-14(15)21-8-12-4-5-16-13(6-12)18-19(29-16)20(26)23-11(2)7-22-18/h3-6,11,14-15,21-22H,1,7-10H2,2H3,(H,23,26)(H,24,25). The van der Waals surface area contributed by atoms with Crippen molar-refractivity contribution in [3.63, 3.8) is 0 Å². The summed E-state index contributed by atoms with van der Waals surface area (Å²) in [5.41, 5.74) is 1.82. The predicted octanol–water partition coefficient (Wildman–Crippen LogP) is 1.00. The van der Waals surface area contributed by atoms with Gasteiger partial charge < -0.3 is 21.3 Å². The molecule has 2 amide bonds. The topological polar surface area (TPSA) is 116 Å². The fraction of sp³-hybridized carbons (Fsp3) is 0.400. The average Bonchev–Trinajstić information content (AvgIpc) is 3.15. The largest absolute Gasteiger partial charge is 0.381 e. The first kappa shape index (κ1) is 20.8. The number of anilines is 1. The highest BCUT2D eigenvalue weighted by Gasteiger charge is 2.38. The molecule has 1 fully saturated rings. The van der Waals surface area contributed by atoms with Gasteiger partial charge in [0, 0.05) is 35.3 Å². The number of sulfone groups is 1. The van der Waals surface area contributed by atoms with Gasteiger partial charge in [-0.25, -0.2) is 8.42 Å². The van der Waals surface area contributed by atoms with Crippen LogP contribution in [0.2, 0.25) is 0 Å². The Morgan fingerprint density at radius 3 is 2.87 bits per heavy atom. The number of carbonyl (C=O) groups is 2. The van der Waals surface area contributed by atoms with Gasteiger partial charge in [-0.05, 0) is 30.7 Å². The summed E-state index contributed by atoms with van der Waals surface area (Å²) < 4.78 is 25.1. The molecule has 1 aromatic heterocycles. The third kappa shape index (κ3) is 4.21. The van der Waals surface area contributed by atoms with Crippen LogP contribution in [0.4, 0.5) is 5.69 Å². The molecule has 10 heteroatoms. The quantitative estimate of drug-likeness (QED) is 0.507. The van der Waals surface area contributed by atoms with E-state index >= 15 is 0 Å². The Morgan fingerprint density at radius 2 is 2.10 bits per heavy atom. The van der Waals surface area contributed by atoms with Crippen LogP contribution in [0.25, 0.3) is 10.1 Å². The van der Waals surface area contributed by atoms with E-state index in [0.29, 0.717) is 18.0 Å². The second-order valence-corrected chi connectivity index (χ2v) is 11.0. The number of hydrogen-bond donors (Lipinski definition) is 4. The van der Waals surface area contributed by atoms with Gasteiger partial charge in [-0.15, -0.1) is 11.3 Å². The van der Waals surface area contributed by atoms with Crippen molar-refractivity contribution in [2.24, 2.45) is 0 Å². The summed E-state index contributed by atoms with van der Waals surface area (Å²) in [6.07, 6.45) is 1.14.